The highest BCUT2D eigenvalue weighted by Gasteiger charge is 2.25. The summed E-state index contributed by atoms with van der Waals surface area (Å²) >= 11 is 3.12. The Labute approximate surface area is 161 Å². The van der Waals surface area contributed by atoms with Crippen molar-refractivity contribution in [3.8, 4) is 0 Å². The second kappa shape index (κ2) is 8.62. The first-order valence-corrected chi connectivity index (χ1v) is 10.4. The molecule has 2 amide bonds. The van der Waals surface area contributed by atoms with E-state index in [0.717, 1.165) is 36.1 Å². The van der Waals surface area contributed by atoms with Gasteiger partial charge in [0, 0.05) is 29.9 Å². The zero-order valence-electron chi connectivity index (χ0n) is 15.0. The molecular formula is C19H23N3O2S2. The molecule has 0 radical (unpaired) electrons. The first kappa shape index (κ1) is 18.8. The summed E-state index contributed by atoms with van der Waals surface area (Å²) < 4.78 is 0. The van der Waals surface area contributed by atoms with Crippen LogP contribution in [-0.2, 0) is 17.6 Å². The maximum Gasteiger partial charge on any atom is 0.268 e. The van der Waals surface area contributed by atoms with Crippen LogP contribution >= 0.6 is 22.7 Å². The summed E-state index contributed by atoms with van der Waals surface area (Å²) in [6, 6.07) is 3.90. The third-order valence-electron chi connectivity index (χ3n) is 4.15. The van der Waals surface area contributed by atoms with E-state index in [0.29, 0.717) is 10.6 Å². The zero-order valence-corrected chi connectivity index (χ0v) is 16.6. The van der Waals surface area contributed by atoms with Crippen molar-refractivity contribution in [3.05, 3.63) is 44.5 Å². The Morgan fingerprint density at radius 2 is 2.00 bits per heavy atom. The van der Waals surface area contributed by atoms with E-state index < -0.39 is 0 Å². The Hall–Kier alpha value is -1.96. The molecule has 7 heteroatoms. The SMILES string of the molecule is CN(C)NC(=O)c1c(NC(=O)C=Cc2cccs2)sc2c1CCCCC2. The lowest BCUT2D eigenvalue weighted by molar-refractivity contribution is -0.111. The number of aryl methyl sites for hydroxylation is 1. The first-order valence-electron chi connectivity index (χ1n) is 8.70. The van der Waals surface area contributed by atoms with Crippen molar-refractivity contribution >= 4 is 45.6 Å². The van der Waals surface area contributed by atoms with Crippen molar-refractivity contribution in [2.75, 3.05) is 19.4 Å². The predicted molar refractivity (Wildman–Crippen MR) is 109 cm³/mol. The second-order valence-corrected chi connectivity index (χ2v) is 8.53. The van der Waals surface area contributed by atoms with Crippen LogP contribution in [0.3, 0.4) is 0 Å². The highest BCUT2D eigenvalue weighted by molar-refractivity contribution is 7.17. The summed E-state index contributed by atoms with van der Waals surface area (Å²) in [5.74, 6) is -0.374. The van der Waals surface area contributed by atoms with E-state index in [1.165, 1.54) is 28.7 Å². The van der Waals surface area contributed by atoms with Crippen molar-refractivity contribution in [1.82, 2.24) is 10.4 Å². The molecule has 2 aromatic rings. The van der Waals surface area contributed by atoms with E-state index in [2.05, 4.69) is 10.7 Å². The smallest absolute Gasteiger partial charge is 0.268 e. The number of hydrogen-bond acceptors (Lipinski definition) is 5. The van der Waals surface area contributed by atoms with Gasteiger partial charge in [-0.15, -0.1) is 22.7 Å². The van der Waals surface area contributed by atoms with Gasteiger partial charge in [-0.25, -0.2) is 5.01 Å². The lowest BCUT2D eigenvalue weighted by Gasteiger charge is -2.14. The molecule has 0 spiro atoms. The van der Waals surface area contributed by atoms with Gasteiger partial charge < -0.3 is 5.32 Å². The molecule has 0 saturated carbocycles. The molecule has 0 unspecified atom stereocenters. The number of hydrogen-bond donors (Lipinski definition) is 2. The Balaban J connectivity index is 1.85. The number of nitrogens with one attached hydrogen (secondary N) is 2. The summed E-state index contributed by atoms with van der Waals surface area (Å²) in [4.78, 5) is 27.3. The third-order valence-corrected chi connectivity index (χ3v) is 6.20. The van der Waals surface area contributed by atoms with Crippen molar-refractivity contribution < 1.29 is 9.59 Å². The van der Waals surface area contributed by atoms with Crippen LogP contribution in [0.4, 0.5) is 5.00 Å². The molecular weight excluding hydrogens is 366 g/mol. The molecule has 138 valence electrons. The van der Waals surface area contributed by atoms with E-state index in [1.54, 1.807) is 36.5 Å². The van der Waals surface area contributed by atoms with Crippen molar-refractivity contribution in [3.63, 3.8) is 0 Å². The van der Waals surface area contributed by atoms with Gasteiger partial charge in [0.1, 0.15) is 5.00 Å². The van der Waals surface area contributed by atoms with Crippen LogP contribution in [0.15, 0.2) is 23.6 Å². The number of anilines is 1. The Morgan fingerprint density at radius 3 is 2.73 bits per heavy atom. The second-order valence-electron chi connectivity index (χ2n) is 6.44. The normalized spacial score (nSPS) is 14.3. The summed E-state index contributed by atoms with van der Waals surface area (Å²) in [5.41, 5.74) is 4.54. The fourth-order valence-electron chi connectivity index (χ4n) is 3.03. The Morgan fingerprint density at radius 1 is 1.19 bits per heavy atom. The molecule has 0 aliphatic heterocycles. The summed E-state index contributed by atoms with van der Waals surface area (Å²) in [5, 5.41) is 7.17. The van der Waals surface area contributed by atoms with Crippen LogP contribution in [-0.4, -0.2) is 30.9 Å². The van der Waals surface area contributed by atoms with E-state index in [-0.39, 0.29) is 11.8 Å². The number of carbonyl (C=O) groups excluding carboxylic acids is 2. The largest absolute Gasteiger partial charge is 0.313 e. The molecule has 0 fully saturated rings. The van der Waals surface area contributed by atoms with Gasteiger partial charge in [-0.3, -0.25) is 15.0 Å². The molecule has 3 rings (SSSR count). The van der Waals surface area contributed by atoms with E-state index in [4.69, 9.17) is 0 Å². The van der Waals surface area contributed by atoms with Gasteiger partial charge >= 0.3 is 0 Å². The highest BCUT2D eigenvalue weighted by atomic mass is 32.1. The molecule has 1 aliphatic rings. The molecule has 1 aliphatic carbocycles. The average molecular weight is 390 g/mol. The zero-order chi connectivity index (χ0) is 18.5. The summed E-state index contributed by atoms with van der Waals surface area (Å²) in [6.07, 6.45) is 8.57. The fraction of sp³-hybridized carbons (Fsp3) is 0.368. The molecule has 0 aromatic carbocycles. The molecule has 0 saturated heterocycles. The quantitative estimate of drug-likeness (QED) is 0.463. The summed E-state index contributed by atoms with van der Waals surface area (Å²) in [6.45, 7) is 0. The average Bonchev–Trinajstić information content (AvgIpc) is 3.15. The van der Waals surface area contributed by atoms with Gasteiger partial charge in [-0.05, 0) is 48.8 Å². The van der Waals surface area contributed by atoms with Crippen molar-refractivity contribution in [2.24, 2.45) is 0 Å². The molecule has 2 N–H and O–H groups in total. The maximum atomic E-state index is 12.7. The van der Waals surface area contributed by atoms with Crippen LogP contribution < -0.4 is 10.7 Å². The Bertz CT molecular complexity index is 807. The number of rotatable bonds is 5. The fourth-order valence-corrected chi connectivity index (χ4v) is 4.94. The number of carbonyl (C=O) groups is 2. The third kappa shape index (κ3) is 4.60. The Kier molecular flexibility index (Phi) is 6.24. The van der Waals surface area contributed by atoms with Crippen molar-refractivity contribution in [2.45, 2.75) is 32.1 Å². The number of nitrogens with zero attached hydrogens (tertiary/aromatic N) is 1. The molecule has 26 heavy (non-hydrogen) atoms. The number of thiophene rings is 2. The van der Waals surface area contributed by atoms with Crippen molar-refractivity contribution in [1.29, 1.82) is 0 Å². The highest BCUT2D eigenvalue weighted by Crippen LogP contribution is 2.37. The minimum Gasteiger partial charge on any atom is -0.313 e. The van der Waals surface area contributed by atoms with Crippen LogP contribution in [0, 0.1) is 0 Å². The topological polar surface area (TPSA) is 61.4 Å². The lowest BCUT2D eigenvalue weighted by atomic mass is 10.1. The monoisotopic (exact) mass is 389 g/mol. The molecule has 2 heterocycles. The lowest BCUT2D eigenvalue weighted by Crippen LogP contribution is -2.36. The molecule has 0 bridgehead atoms. The molecule has 0 atom stereocenters. The van der Waals surface area contributed by atoms with Gasteiger partial charge in [0.2, 0.25) is 5.91 Å². The van der Waals surface area contributed by atoms with Gasteiger partial charge in [0.15, 0.2) is 0 Å². The van der Waals surface area contributed by atoms with Gasteiger partial charge in [-0.1, -0.05) is 12.5 Å². The number of amides is 2. The maximum absolute atomic E-state index is 12.7. The first-order chi connectivity index (χ1) is 12.5. The van der Waals surface area contributed by atoms with E-state index in [1.807, 2.05) is 17.5 Å². The minimum absolute atomic E-state index is 0.160. The van der Waals surface area contributed by atoms with Crippen LogP contribution in [0.2, 0.25) is 0 Å². The van der Waals surface area contributed by atoms with Crippen LogP contribution in [0.1, 0.15) is 44.9 Å². The summed E-state index contributed by atoms with van der Waals surface area (Å²) in [7, 11) is 3.57. The predicted octanol–water partition coefficient (Wildman–Crippen LogP) is 3.94. The molecule has 5 nitrogen and oxygen atoms in total. The van der Waals surface area contributed by atoms with Gasteiger partial charge in [0.25, 0.3) is 5.91 Å². The number of fused-ring (bicyclic) bond motifs is 1. The standard InChI is InChI=1S/C19H23N3O2S2/c1-22(2)21-18(24)17-14-8-4-3-5-9-15(14)26-19(17)20-16(23)11-10-13-7-6-12-25-13/h6-7,10-12H,3-5,8-9H2,1-2H3,(H,20,23)(H,21,24). The van der Waals surface area contributed by atoms with Crippen LogP contribution in [0.5, 0.6) is 0 Å². The van der Waals surface area contributed by atoms with Gasteiger partial charge in [-0.2, -0.15) is 0 Å². The van der Waals surface area contributed by atoms with E-state index >= 15 is 0 Å². The van der Waals surface area contributed by atoms with Gasteiger partial charge in [0.05, 0.1) is 5.56 Å². The van der Waals surface area contributed by atoms with Crippen LogP contribution in [0.25, 0.3) is 6.08 Å². The van der Waals surface area contributed by atoms with E-state index in [9.17, 15) is 9.59 Å². The minimum atomic E-state index is -0.214. The molecule has 2 aromatic heterocycles. The number of hydrazine groups is 1.